The first-order chi connectivity index (χ1) is 14.6. The van der Waals surface area contributed by atoms with Crippen LogP contribution < -0.4 is 21.7 Å². The largest absolute Gasteiger partial charge is 0.480 e. The maximum Gasteiger partial charge on any atom is 0.322 e. The number of carboxylic acids is 1. The molecule has 0 aromatic carbocycles. The predicted molar refractivity (Wildman–Crippen MR) is 117 cm³/mol. The van der Waals surface area contributed by atoms with Gasteiger partial charge >= 0.3 is 5.97 Å². The van der Waals surface area contributed by atoms with Crippen LogP contribution in [-0.4, -0.2) is 75.4 Å². The highest BCUT2D eigenvalue weighted by Gasteiger charge is 2.28. The number of carbonyl (C=O) groups excluding carboxylic acids is 3. The fourth-order valence-electron chi connectivity index (χ4n) is 2.77. The molecule has 174 valence electrons. The molecule has 0 saturated carbocycles. The van der Waals surface area contributed by atoms with E-state index in [0.29, 0.717) is 24.3 Å². The Morgan fingerprint density at radius 1 is 1.16 bits per heavy atom. The van der Waals surface area contributed by atoms with Crippen molar-refractivity contribution in [2.75, 3.05) is 18.6 Å². The molecule has 3 unspecified atom stereocenters. The molecular formula is C19H32N6O5S. The first-order valence-corrected chi connectivity index (χ1v) is 11.3. The van der Waals surface area contributed by atoms with Crippen LogP contribution in [0.2, 0.25) is 0 Å². The van der Waals surface area contributed by atoms with Gasteiger partial charge in [0.1, 0.15) is 18.6 Å². The van der Waals surface area contributed by atoms with Crippen LogP contribution in [-0.2, 0) is 25.6 Å². The van der Waals surface area contributed by atoms with E-state index in [1.165, 1.54) is 18.1 Å². The summed E-state index contributed by atoms with van der Waals surface area (Å²) in [6.45, 7) is 3.27. The molecule has 1 aromatic rings. The van der Waals surface area contributed by atoms with E-state index in [1.807, 2.05) is 20.1 Å². The van der Waals surface area contributed by atoms with Crippen LogP contribution in [0.1, 0.15) is 32.4 Å². The van der Waals surface area contributed by atoms with Gasteiger partial charge < -0.3 is 31.8 Å². The molecule has 3 amide bonds. The average Bonchev–Trinajstić information content (AvgIpc) is 3.21. The van der Waals surface area contributed by atoms with Gasteiger partial charge in [0.25, 0.3) is 0 Å². The van der Waals surface area contributed by atoms with Crippen molar-refractivity contribution >= 4 is 35.5 Å². The molecule has 0 aliphatic carbocycles. The molecule has 3 atom stereocenters. The Hall–Kier alpha value is -2.60. The Morgan fingerprint density at radius 3 is 2.39 bits per heavy atom. The summed E-state index contributed by atoms with van der Waals surface area (Å²) in [6, 6.07) is -2.68. The molecule has 31 heavy (non-hydrogen) atoms. The van der Waals surface area contributed by atoms with Gasteiger partial charge in [0.15, 0.2) is 0 Å². The second-order valence-corrected chi connectivity index (χ2v) is 8.52. The number of hydrogen-bond acceptors (Lipinski definition) is 7. The van der Waals surface area contributed by atoms with E-state index in [1.54, 1.807) is 6.20 Å². The zero-order valence-electron chi connectivity index (χ0n) is 18.0. The monoisotopic (exact) mass is 456 g/mol. The molecule has 12 heteroatoms. The second-order valence-electron chi connectivity index (χ2n) is 7.53. The van der Waals surface area contributed by atoms with E-state index in [9.17, 15) is 19.2 Å². The smallest absolute Gasteiger partial charge is 0.322 e. The highest BCUT2D eigenvalue weighted by molar-refractivity contribution is 7.98. The maximum atomic E-state index is 12.9. The van der Waals surface area contributed by atoms with Crippen molar-refractivity contribution in [3.63, 3.8) is 0 Å². The van der Waals surface area contributed by atoms with E-state index in [-0.39, 0.29) is 12.3 Å². The van der Waals surface area contributed by atoms with E-state index in [4.69, 9.17) is 10.8 Å². The van der Waals surface area contributed by atoms with Crippen LogP contribution in [0.4, 0.5) is 0 Å². The van der Waals surface area contributed by atoms with E-state index >= 15 is 0 Å². The maximum absolute atomic E-state index is 12.9. The van der Waals surface area contributed by atoms with Crippen LogP contribution in [0.3, 0.4) is 0 Å². The van der Waals surface area contributed by atoms with Crippen molar-refractivity contribution in [1.82, 2.24) is 25.9 Å². The number of rotatable bonds is 14. The third-order valence-corrected chi connectivity index (χ3v) is 4.97. The number of thioether (sulfide) groups is 1. The van der Waals surface area contributed by atoms with Gasteiger partial charge in [-0.3, -0.25) is 19.2 Å². The van der Waals surface area contributed by atoms with Gasteiger partial charge in [-0.15, -0.1) is 0 Å². The average molecular weight is 457 g/mol. The molecule has 11 nitrogen and oxygen atoms in total. The van der Waals surface area contributed by atoms with Crippen molar-refractivity contribution in [3.05, 3.63) is 18.2 Å². The Labute approximate surface area is 185 Å². The minimum atomic E-state index is -1.18. The summed E-state index contributed by atoms with van der Waals surface area (Å²) in [5.41, 5.74) is 6.65. The van der Waals surface area contributed by atoms with Gasteiger partial charge in [-0.1, -0.05) is 13.8 Å². The van der Waals surface area contributed by atoms with Crippen molar-refractivity contribution in [2.24, 2.45) is 11.7 Å². The quantitative estimate of drug-likeness (QED) is 0.211. The summed E-state index contributed by atoms with van der Waals surface area (Å²) in [5.74, 6) is -2.11. The lowest BCUT2D eigenvalue weighted by Crippen LogP contribution is -2.56. The molecule has 0 spiro atoms. The normalized spacial score (nSPS) is 13.8. The highest BCUT2D eigenvalue weighted by atomic mass is 32.2. The van der Waals surface area contributed by atoms with Crippen molar-refractivity contribution in [1.29, 1.82) is 0 Å². The first-order valence-electron chi connectivity index (χ1n) is 9.96. The zero-order valence-corrected chi connectivity index (χ0v) is 18.8. The lowest BCUT2D eigenvalue weighted by molar-refractivity contribution is -0.138. The molecule has 0 aliphatic rings. The topological polar surface area (TPSA) is 179 Å². The summed E-state index contributed by atoms with van der Waals surface area (Å²) in [7, 11) is 0. The fourth-order valence-corrected chi connectivity index (χ4v) is 3.24. The lowest BCUT2D eigenvalue weighted by atomic mass is 10.0. The van der Waals surface area contributed by atoms with E-state index < -0.39 is 48.4 Å². The number of amides is 3. The van der Waals surface area contributed by atoms with Crippen LogP contribution in [0.5, 0.6) is 0 Å². The lowest BCUT2D eigenvalue weighted by Gasteiger charge is -2.25. The highest BCUT2D eigenvalue weighted by Crippen LogP contribution is 2.08. The van der Waals surface area contributed by atoms with Crippen molar-refractivity contribution in [2.45, 2.75) is 51.2 Å². The number of aromatic nitrogens is 2. The third-order valence-electron chi connectivity index (χ3n) is 4.33. The van der Waals surface area contributed by atoms with Crippen LogP contribution in [0, 0.1) is 5.92 Å². The molecule has 0 saturated heterocycles. The van der Waals surface area contributed by atoms with Gasteiger partial charge in [0, 0.05) is 18.3 Å². The summed E-state index contributed by atoms with van der Waals surface area (Å²) in [5, 5.41) is 16.4. The number of nitrogens with one attached hydrogen (secondary N) is 4. The number of hydrogen-bond donors (Lipinski definition) is 6. The Bertz CT molecular complexity index is 727. The molecule has 7 N–H and O–H groups in total. The van der Waals surface area contributed by atoms with Crippen molar-refractivity contribution < 1.29 is 24.3 Å². The summed E-state index contributed by atoms with van der Waals surface area (Å²) in [4.78, 5) is 55.2. The summed E-state index contributed by atoms with van der Waals surface area (Å²) >= 11 is 1.49. The molecule has 1 aromatic heterocycles. The van der Waals surface area contributed by atoms with Gasteiger partial charge in [0.05, 0.1) is 12.4 Å². The standard InChI is InChI=1S/C19H32N6O5S/c1-11(2)6-15(25-17(28)13(20)7-12-8-21-10-23-12)19(30)24-14(4-5-31-3)18(29)22-9-16(26)27/h8,10-11,13-15H,4-7,9,20H2,1-3H3,(H,21,23)(H,22,29)(H,24,30)(H,25,28)(H,26,27). The van der Waals surface area contributed by atoms with E-state index in [0.717, 1.165) is 0 Å². The SMILES string of the molecule is CSCCC(NC(=O)C(CC(C)C)NC(=O)C(N)Cc1cnc[nH]1)C(=O)NCC(=O)O. The van der Waals surface area contributed by atoms with Gasteiger partial charge in [-0.2, -0.15) is 11.8 Å². The van der Waals surface area contributed by atoms with Gasteiger partial charge in [0.2, 0.25) is 17.7 Å². The van der Waals surface area contributed by atoms with E-state index in [2.05, 4.69) is 25.9 Å². The molecule has 0 fully saturated rings. The number of carbonyl (C=O) groups is 4. The molecular weight excluding hydrogens is 424 g/mol. The zero-order chi connectivity index (χ0) is 23.4. The fraction of sp³-hybridized carbons (Fsp3) is 0.632. The molecule has 0 bridgehead atoms. The summed E-state index contributed by atoms with van der Waals surface area (Å²) in [6.07, 6.45) is 5.81. The number of nitrogens with two attached hydrogens (primary N) is 1. The number of carboxylic acid groups (broad SMARTS) is 1. The number of nitrogens with zero attached hydrogens (tertiary/aromatic N) is 1. The first kappa shape index (κ1) is 26.4. The Balaban J connectivity index is 2.81. The second kappa shape index (κ2) is 13.7. The Kier molecular flexibility index (Phi) is 11.6. The minimum absolute atomic E-state index is 0.0883. The number of imidazole rings is 1. The third kappa shape index (κ3) is 10.3. The van der Waals surface area contributed by atoms with Gasteiger partial charge in [-0.25, -0.2) is 4.98 Å². The molecule has 0 aliphatic heterocycles. The number of aliphatic carboxylic acids is 1. The van der Waals surface area contributed by atoms with Crippen molar-refractivity contribution in [3.8, 4) is 0 Å². The molecule has 1 heterocycles. The molecule has 1 rings (SSSR count). The number of aromatic amines is 1. The van der Waals surface area contributed by atoms with Crippen LogP contribution >= 0.6 is 11.8 Å². The number of H-pyrrole nitrogens is 1. The molecule has 0 radical (unpaired) electrons. The predicted octanol–water partition coefficient (Wildman–Crippen LogP) is -0.751. The van der Waals surface area contributed by atoms with Crippen LogP contribution in [0.15, 0.2) is 12.5 Å². The van der Waals surface area contributed by atoms with Gasteiger partial charge in [-0.05, 0) is 30.8 Å². The van der Waals surface area contributed by atoms with Crippen LogP contribution in [0.25, 0.3) is 0 Å². The summed E-state index contributed by atoms with van der Waals surface area (Å²) < 4.78 is 0. The Morgan fingerprint density at radius 2 is 1.84 bits per heavy atom. The minimum Gasteiger partial charge on any atom is -0.480 e.